The van der Waals surface area contributed by atoms with Crippen LogP contribution in [0.5, 0.6) is 11.5 Å². The quantitative estimate of drug-likeness (QED) is 0.469. The lowest BCUT2D eigenvalue weighted by molar-refractivity contribution is -0.114. The lowest BCUT2D eigenvalue weighted by atomic mass is 10.1. The lowest BCUT2D eigenvalue weighted by Crippen LogP contribution is -2.48. The Morgan fingerprint density at radius 1 is 0.889 bits per heavy atom. The Hall–Kier alpha value is -3.68. The number of carbonyl (C=O) groups excluding carboxylic acids is 2. The van der Waals surface area contributed by atoms with E-state index in [1.165, 1.54) is 6.92 Å². The smallest absolute Gasteiger partial charge is 0.254 e. The van der Waals surface area contributed by atoms with E-state index in [0.717, 1.165) is 22.6 Å². The van der Waals surface area contributed by atoms with E-state index in [-0.39, 0.29) is 24.0 Å². The molecule has 36 heavy (non-hydrogen) atoms. The van der Waals surface area contributed by atoms with E-state index in [9.17, 15) is 9.59 Å². The first-order valence-corrected chi connectivity index (χ1v) is 12.2. The van der Waals surface area contributed by atoms with E-state index in [2.05, 4.69) is 10.6 Å². The van der Waals surface area contributed by atoms with Gasteiger partial charge in [-0.25, -0.2) is 0 Å². The second-order valence-electron chi connectivity index (χ2n) is 9.23. The van der Waals surface area contributed by atoms with E-state index in [1.807, 2.05) is 85.5 Å². The van der Waals surface area contributed by atoms with E-state index in [0.29, 0.717) is 37.4 Å². The average molecular weight is 488 g/mol. The van der Waals surface area contributed by atoms with Gasteiger partial charge in [0, 0.05) is 44.4 Å². The number of anilines is 1. The monoisotopic (exact) mass is 487 g/mol. The van der Waals surface area contributed by atoms with E-state index >= 15 is 0 Å². The number of carbonyl (C=O) groups is 2. The fourth-order valence-electron chi connectivity index (χ4n) is 4.41. The lowest BCUT2D eigenvalue weighted by Gasteiger charge is -2.35. The molecule has 4 rings (SSSR count). The Labute approximate surface area is 212 Å². The highest BCUT2D eigenvalue weighted by atomic mass is 16.5. The summed E-state index contributed by atoms with van der Waals surface area (Å²) in [7, 11) is 0. The standard InChI is InChI=1S/C29H33N3O4/c1-20-18-32(19-21(2)35-20)29(34)25-12-24(13-26(15-25)31-22(3)33)17-30-16-23-8-7-11-28(14-23)36-27-9-5-4-6-10-27/h4-15,20-21,30H,16-19H2,1-3H3,(H,31,33)/t20-,21+. The van der Waals surface area contributed by atoms with Gasteiger partial charge in [0.05, 0.1) is 12.2 Å². The molecule has 1 aliphatic rings. The molecule has 2 atom stereocenters. The molecule has 0 unspecified atom stereocenters. The molecule has 188 valence electrons. The molecule has 0 saturated carbocycles. The highest BCUT2D eigenvalue weighted by molar-refractivity contribution is 5.97. The fraction of sp³-hybridized carbons (Fsp3) is 0.310. The summed E-state index contributed by atoms with van der Waals surface area (Å²) >= 11 is 0. The molecule has 3 aromatic rings. The third kappa shape index (κ3) is 7.16. The largest absolute Gasteiger partial charge is 0.457 e. The molecule has 1 heterocycles. The van der Waals surface area contributed by atoms with Gasteiger partial charge in [-0.15, -0.1) is 0 Å². The van der Waals surface area contributed by atoms with Crippen molar-refractivity contribution in [1.82, 2.24) is 10.2 Å². The van der Waals surface area contributed by atoms with Crippen molar-refractivity contribution in [2.24, 2.45) is 0 Å². The number of hydrogen-bond donors (Lipinski definition) is 2. The number of hydrogen-bond acceptors (Lipinski definition) is 5. The molecule has 0 spiro atoms. The Bertz CT molecular complexity index is 1190. The van der Waals surface area contributed by atoms with Gasteiger partial charge in [0.15, 0.2) is 0 Å². The maximum atomic E-state index is 13.3. The van der Waals surface area contributed by atoms with Gasteiger partial charge in [-0.1, -0.05) is 30.3 Å². The number of morpholine rings is 1. The van der Waals surface area contributed by atoms with Crippen LogP contribution in [0.1, 0.15) is 42.3 Å². The number of nitrogens with one attached hydrogen (secondary N) is 2. The van der Waals surface area contributed by atoms with Crippen LogP contribution in [-0.2, 0) is 22.6 Å². The van der Waals surface area contributed by atoms with Crippen molar-refractivity contribution < 1.29 is 19.1 Å². The first kappa shape index (κ1) is 25.4. The second kappa shape index (κ2) is 11.8. The number of ether oxygens (including phenoxy) is 2. The van der Waals surface area contributed by atoms with Crippen LogP contribution in [0.15, 0.2) is 72.8 Å². The Kier molecular flexibility index (Phi) is 8.36. The van der Waals surface area contributed by atoms with Crippen LogP contribution in [0.2, 0.25) is 0 Å². The average Bonchev–Trinajstić information content (AvgIpc) is 2.83. The molecule has 7 heteroatoms. The molecule has 2 amide bonds. The Balaban J connectivity index is 1.44. The van der Waals surface area contributed by atoms with Crippen LogP contribution in [0.25, 0.3) is 0 Å². The van der Waals surface area contributed by atoms with Crippen molar-refractivity contribution in [2.75, 3.05) is 18.4 Å². The fourth-order valence-corrected chi connectivity index (χ4v) is 4.41. The molecule has 3 aromatic carbocycles. The van der Waals surface area contributed by atoms with Crippen molar-refractivity contribution in [3.63, 3.8) is 0 Å². The van der Waals surface area contributed by atoms with Crippen molar-refractivity contribution >= 4 is 17.5 Å². The summed E-state index contributed by atoms with van der Waals surface area (Å²) in [4.78, 5) is 26.8. The van der Waals surface area contributed by atoms with E-state index in [1.54, 1.807) is 6.07 Å². The number of benzene rings is 3. The van der Waals surface area contributed by atoms with Gasteiger partial charge >= 0.3 is 0 Å². The third-order valence-electron chi connectivity index (χ3n) is 5.80. The highest BCUT2D eigenvalue weighted by Gasteiger charge is 2.27. The molecular formula is C29H33N3O4. The maximum Gasteiger partial charge on any atom is 0.254 e. The molecule has 7 nitrogen and oxygen atoms in total. The minimum absolute atomic E-state index is 0.0148. The van der Waals surface area contributed by atoms with Gasteiger partial charge in [0.2, 0.25) is 5.91 Å². The Morgan fingerprint density at radius 3 is 2.31 bits per heavy atom. The van der Waals surface area contributed by atoms with Crippen LogP contribution in [0.3, 0.4) is 0 Å². The van der Waals surface area contributed by atoms with Crippen molar-refractivity contribution in [3.05, 3.63) is 89.5 Å². The molecule has 0 radical (unpaired) electrons. The predicted molar refractivity (Wildman–Crippen MR) is 140 cm³/mol. The van der Waals surface area contributed by atoms with Gasteiger partial charge in [0.1, 0.15) is 11.5 Å². The first-order chi connectivity index (χ1) is 17.4. The molecule has 1 fully saturated rings. The highest BCUT2D eigenvalue weighted by Crippen LogP contribution is 2.23. The normalized spacial score (nSPS) is 17.5. The molecular weight excluding hydrogens is 454 g/mol. The summed E-state index contributed by atoms with van der Waals surface area (Å²) in [6.07, 6.45) is -0.0296. The molecule has 1 aliphatic heterocycles. The number of amides is 2. The minimum atomic E-state index is -0.178. The minimum Gasteiger partial charge on any atom is -0.457 e. The molecule has 0 bridgehead atoms. The SMILES string of the molecule is CC(=O)Nc1cc(CNCc2cccc(Oc3ccccc3)c2)cc(C(=O)N2C[C@@H](C)O[C@@H](C)C2)c1. The zero-order valence-corrected chi connectivity index (χ0v) is 21.0. The van der Waals surface area contributed by atoms with Crippen LogP contribution < -0.4 is 15.4 Å². The summed E-state index contributed by atoms with van der Waals surface area (Å²) < 4.78 is 11.7. The Morgan fingerprint density at radius 2 is 1.58 bits per heavy atom. The second-order valence-corrected chi connectivity index (χ2v) is 9.23. The van der Waals surface area contributed by atoms with Crippen LogP contribution in [-0.4, -0.2) is 42.0 Å². The van der Waals surface area contributed by atoms with Crippen molar-refractivity contribution in [3.8, 4) is 11.5 Å². The summed E-state index contributed by atoms with van der Waals surface area (Å²) in [5.74, 6) is 1.33. The van der Waals surface area contributed by atoms with Gasteiger partial charge in [0.25, 0.3) is 5.91 Å². The summed E-state index contributed by atoms with van der Waals surface area (Å²) in [6.45, 7) is 7.65. The number of nitrogens with zero attached hydrogens (tertiary/aromatic N) is 1. The van der Waals surface area contributed by atoms with Crippen LogP contribution in [0.4, 0.5) is 5.69 Å². The van der Waals surface area contributed by atoms with Gasteiger partial charge in [-0.05, 0) is 67.4 Å². The van der Waals surface area contributed by atoms with Gasteiger partial charge in [-0.2, -0.15) is 0 Å². The predicted octanol–water partition coefficient (Wildman–Crippen LogP) is 4.98. The van der Waals surface area contributed by atoms with Crippen LogP contribution in [0, 0.1) is 0 Å². The maximum absolute atomic E-state index is 13.3. The van der Waals surface area contributed by atoms with E-state index < -0.39 is 0 Å². The molecule has 1 saturated heterocycles. The van der Waals surface area contributed by atoms with E-state index in [4.69, 9.17) is 9.47 Å². The number of rotatable bonds is 8. The first-order valence-electron chi connectivity index (χ1n) is 12.2. The number of para-hydroxylation sites is 1. The third-order valence-corrected chi connectivity index (χ3v) is 5.80. The molecule has 0 aliphatic carbocycles. The topological polar surface area (TPSA) is 79.9 Å². The zero-order valence-electron chi connectivity index (χ0n) is 21.0. The van der Waals surface area contributed by atoms with Gasteiger partial charge in [-0.3, -0.25) is 9.59 Å². The summed E-state index contributed by atoms with van der Waals surface area (Å²) in [5.41, 5.74) is 3.15. The molecule has 0 aromatic heterocycles. The van der Waals surface area contributed by atoms with Crippen LogP contribution >= 0.6 is 0 Å². The zero-order chi connectivity index (χ0) is 25.5. The molecule has 2 N–H and O–H groups in total. The van der Waals surface area contributed by atoms with Crippen molar-refractivity contribution in [2.45, 2.75) is 46.1 Å². The van der Waals surface area contributed by atoms with Gasteiger partial charge < -0.3 is 25.0 Å². The summed E-state index contributed by atoms with van der Waals surface area (Å²) in [5, 5.41) is 6.26. The summed E-state index contributed by atoms with van der Waals surface area (Å²) in [6, 6.07) is 23.1. The van der Waals surface area contributed by atoms with Crippen molar-refractivity contribution in [1.29, 1.82) is 0 Å².